The van der Waals surface area contributed by atoms with Crippen LogP contribution in [0.5, 0.6) is 0 Å². The summed E-state index contributed by atoms with van der Waals surface area (Å²) in [6, 6.07) is 5.03. The van der Waals surface area contributed by atoms with Gasteiger partial charge in [-0.1, -0.05) is 25.3 Å². The number of hydrogen-bond acceptors (Lipinski definition) is 3. The molecule has 140 valence electrons. The number of nitrogens with zero attached hydrogens (tertiary/aromatic N) is 2. The second-order valence-electron chi connectivity index (χ2n) is 7.50. The van der Waals surface area contributed by atoms with Gasteiger partial charge >= 0.3 is 0 Å². The van der Waals surface area contributed by atoms with E-state index < -0.39 is 0 Å². The molecule has 2 heterocycles. The third kappa shape index (κ3) is 6.30. The Labute approximate surface area is 157 Å². The molecule has 5 heteroatoms. The molecule has 0 aromatic carbocycles. The van der Waals surface area contributed by atoms with Crippen molar-refractivity contribution in [3.05, 3.63) is 22.4 Å². The Morgan fingerprint density at radius 1 is 1.20 bits per heavy atom. The van der Waals surface area contributed by atoms with Crippen LogP contribution in [0.3, 0.4) is 0 Å². The minimum Gasteiger partial charge on any atom is -0.357 e. The maximum atomic E-state index is 4.91. The molecule has 2 fully saturated rings. The van der Waals surface area contributed by atoms with E-state index in [2.05, 4.69) is 40.0 Å². The van der Waals surface area contributed by atoms with Gasteiger partial charge in [-0.05, 0) is 63.1 Å². The molecule has 0 radical (unpaired) electrons. The number of aliphatic imine (C=N–C) groups is 1. The third-order valence-corrected chi connectivity index (χ3v) is 6.33. The first kappa shape index (κ1) is 18.7. The molecule has 1 aromatic rings. The zero-order valence-electron chi connectivity index (χ0n) is 15.7. The average molecular weight is 363 g/mol. The molecule has 1 aromatic heterocycles. The Morgan fingerprint density at radius 3 is 2.68 bits per heavy atom. The summed E-state index contributed by atoms with van der Waals surface area (Å²) in [5, 5.41) is 9.28. The highest BCUT2D eigenvalue weighted by molar-refractivity contribution is 7.09. The molecular formula is C20H34N4S. The first-order valence-corrected chi connectivity index (χ1v) is 11.0. The molecule has 0 unspecified atom stereocenters. The maximum Gasteiger partial charge on any atom is 0.191 e. The zero-order chi connectivity index (χ0) is 17.3. The molecule has 0 spiro atoms. The van der Waals surface area contributed by atoms with Gasteiger partial charge in [0.15, 0.2) is 5.96 Å². The second-order valence-corrected chi connectivity index (χ2v) is 8.53. The molecule has 1 saturated carbocycles. The molecule has 2 aliphatic rings. The maximum absolute atomic E-state index is 4.91. The van der Waals surface area contributed by atoms with Gasteiger partial charge in [0.1, 0.15) is 0 Å². The topological polar surface area (TPSA) is 39.7 Å². The zero-order valence-corrected chi connectivity index (χ0v) is 16.5. The number of thiophene rings is 1. The van der Waals surface area contributed by atoms with Crippen LogP contribution in [-0.4, -0.2) is 43.1 Å². The first-order chi connectivity index (χ1) is 12.3. The molecule has 1 saturated heterocycles. The van der Waals surface area contributed by atoms with E-state index in [9.17, 15) is 0 Å². The van der Waals surface area contributed by atoms with Crippen molar-refractivity contribution < 1.29 is 0 Å². The van der Waals surface area contributed by atoms with Crippen molar-refractivity contribution in [3.63, 3.8) is 0 Å². The Morgan fingerprint density at radius 2 is 2.00 bits per heavy atom. The molecule has 3 rings (SSSR count). The van der Waals surface area contributed by atoms with Gasteiger partial charge in [-0.2, -0.15) is 0 Å². The van der Waals surface area contributed by atoms with Crippen molar-refractivity contribution in [1.29, 1.82) is 0 Å². The largest absolute Gasteiger partial charge is 0.357 e. The van der Waals surface area contributed by atoms with E-state index in [4.69, 9.17) is 4.99 Å². The average Bonchev–Trinajstić information content (AvgIpc) is 3.15. The summed E-state index contributed by atoms with van der Waals surface area (Å²) >= 11 is 1.87. The quantitative estimate of drug-likeness (QED) is 0.596. The van der Waals surface area contributed by atoms with Gasteiger partial charge in [-0.25, -0.2) is 0 Å². The van der Waals surface area contributed by atoms with Gasteiger partial charge in [0, 0.05) is 30.6 Å². The van der Waals surface area contributed by atoms with E-state index in [-0.39, 0.29) is 0 Å². The highest BCUT2D eigenvalue weighted by atomic mass is 32.1. The summed E-state index contributed by atoms with van der Waals surface area (Å²) in [7, 11) is 0. The summed E-state index contributed by atoms with van der Waals surface area (Å²) in [6.07, 6.45) is 9.27. The van der Waals surface area contributed by atoms with E-state index in [1.807, 2.05) is 11.3 Å². The van der Waals surface area contributed by atoms with Gasteiger partial charge in [0.25, 0.3) is 0 Å². The Balaban J connectivity index is 1.41. The number of likely N-dealkylation sites (tertiary alicyclic amines) is 1. The Hall–Kier alpha value is -1.07. The van der Waals surface area contributed by atoms with Crippen molar-refractivity contribution in [2.75, 3.05) is 26.2 Å². The van der Waals surface area contributed by atoms with Crippen LogP contribution < -0.4 is 10.6 Å². The van der Waals surface area contributed by atoms with Gasteiger partial charge < -0.3 is 10.6 Å². The van der Waals surface area contributed by atoms with E-state index >= 15 is 0 Å². The number of rotatable bonds is 6. The van der Waals surface area contributed by atoms with Crippen LogP contribution in [0.15, 0.2) is 22.5 Å². The van der Waals surface area contributed by atoms with Crippen LogP contribution in [0.1, 0.15) is 56.7 Å². The minimum atomic E-state index is 0.624. The summed E-state index contributed by atoms with van der Waals surface area (Å²) < 4.78 is 0. The Kier molecular flexibility index (Phi) is 7.61. The molecule has 2 N–H and O–H groups in total. The fourth-order valence-corrected chi connectivity index (χ4v) is 4.68. The molecular weight excluding hydrogens is 328 g/mol. The lowest BCUT2D eigenvalue weighted by atomic mass is 9.95. The van der Waals surface area contributed by atoms with Gasteiger partial charge in [0.05, 0.1) is 0 Å². The number of guanidine groups is 1. The van der Waals surface area contributed by atoms with Crippen LogP contribution in [0.4, 0.5) is 0 Å². The second kappa shape index (κ2) is 10.2. The molecule has 25 heavy (non-hydrogen) atoms. The predicted octanol–water partition coefficient (Wildman–Crippen LogP) is 3.85. The normalized spacial score (nSPS) is 21.4. The summed E-state index contributed by atoms with van der Waals surface area (Å²) in [4.78, 5) is 8.99. The highest BCUT2D eigenvalue weighted by Gasteiger charge is 2.20. The molecule has 4 nitrogen and oxygen atoms in total. The van der Waals surface area contributed by atoms with Crippen LogP contribution in [0.2, 0.25) is 0 Å². The van der Waals surface area contributed by atoms with Crippen molar-refractivity contribution in [2.24, 2.45) is 10.9 Å². The van der Waals surface area contributed by atoms with E-state index in [0.29, 0.717) is 6.04 Å². The predicted molar refractivity (Wildman–Crippen MR) is 108 cm³/mol. The highest BCUT2D eigenvalue weighted by Crippen LogP contribution is 2.21. The van der Waals surface area contributed by atoms with Gasteiger partial charge in [-0.3, -0.25) is 9.89 Å². The molecule has 1 aliphatic heterocycles. The molecule has 1 aliphatic carbocycles. The SMILES string of the molecule is CCNC(=NCC1CCN(Cc2cccs2)CC1)NC1CCCCC1. The van der Waals surface area contributed by atoms with Crippen molar-refractivity contribution in [3.8, 4) is 0 Å². The van der Waals surface area contributed by atoms with E-state index in [1.165, 1.54) is 62.9 Å². The van der Waals surface area contributed by atoms with E-state index in [1.54, 1.807) is 0 Å². The standard InChI is InChI=1S/C20H34N4S/c1-2-21-20(23-18-7-4-3-5-8-18)22-15-17-10-12-24(13-11-17)16-19-9-6-14-25-19/h6,9,14,17-18H,2-5,7-8,10-13,15-16H2,1H3,(H2,21,22,23). The number of hydrogen-bond donors (Lipinski definition) is 2. The number of nitrogens with one attached hydrogen (secondary N) is 2. The summed E-state index contributed by atoms with van der Waals surface area (Å²) in [6.45, 7) is 7.61. The Bertz CT molecular complexity index is 500. The summed E-state index contributed by atoms with van der Waals surface area (Å²) in [5.41, 5.74) is 0. The lowest BCUT2D eigenvalue weighted by Crippen LogP contribution is -2.44. The van der Waals surface area contributed by atoms with Crippen LogP contribution in [0.25, 0.3) is 0 Å². The van der Waals surface area contributed by atoms with Crippen molar-refractivity contribution in [1.82, 2.24) is 15.5 Å². The van der Waals surface area contributed by atoms with Gasteiger partial charge in [0.2, 0.25) is 0 Å². The minimum absolute atomic E-state index is 0.624. The van der Waals surface area contributed by atoms with Crippen molar-refractivity contribution in [2.45, 2.75) is 64.5 Å². The number of piperidine rings is 1. The van der Waals surface area contributed by atoms with E-state index in [0.717, 1.165) is 31.5 Å². The third-order valence-electron chi connectivity index (χ3n) is 5.46. The lowest BCUT2D eigenvalue weighted by molar-refractivity contribution is 0.182. The molecule has 0 bridgehead atoms. The van der Waals surface area contributed by atoms with Gasteiger partial charge in [-0.15, -0.1) is 11.3 Å². The fourth-order valence-electron chi connectivity index (χ4n) is 3.93. The smallest absolute Gasteiger partial charge is 0.191 e. The van der Waals surface area contributed by atoms with Crippen LogP contribution in [0, 0.1) is 5.92 Å². The summed E-state index contributed by atoms with van der Waals surface area (Å²) in [5.74, 6) is 1.77. The first-order valence-electron chi connectivity index (χ1n) is 10.1. The fraction of sp³-hybridized carbons (Fsp3) is 0.750. The van der Waals surface area contributed by atoms with Crippen molar-refractivity contribution >= 4 is 17.3 Å². The molecule has 0 atom stereocenters. The van der Waals surface area contributed by atoms with Crippen LogP contribution in [-0.2, 0) is 6.54 Å². The van der Waals surface area contributed by atoms with Crippen LogP contribution >= 0.6 is 11.3 Å². The lowest BCUT2D eigenvalue weighted by Gasteiger charge is -2.31. The molecule has 0 amide bonds. The monoisotopic (exact) mass is 362 g/mol.